The van der Waals surface area contributed by atoms with Crippen molar-refractivity contribution >= 4 is 5.97 Å². The summed E-state index contributed by atoms with van der Waals surface area (Å²) in [6, 6.07) is 0. The molecule has 0 radical (unpaired) electrons. The molecule has 6 heteroatoms. The van der Waals surface area contributed by atoms with Gasteiger partial charge in [0.2, 0.25) is 0 Å². The molecule has 2 aliphatic rings. The average Bonchev–Trinajstić information content (AvgIpc) is 2.62. The maximum absolute atomic E-state index is 11.0. The maximum Gasteiger partial charge on any atom is 0.338 e. The number of esters is 1. The fourth-order valence-electron chi connectivity index (χ4n) is 1.77. The molecular weight excluding hydrogens is 204 g/mol. The van der Waals surface area contributed by atoms with Crippen molar-refractivity contribution in [2.75, 3.05) is 6.61 Å². The van der Waals surface area contributed by atoms with E-state index in [9.17, 15) is 15.0 Å². The number of rotatable bonds is 1. The second-order valence-electron chi connectivity index (χ2n) is 4.20. The first-order chi connectivity index (χ1) is 6.91. The number of carbonyl (C=O) groups excluding carboxylic acids is 1. The molecule has 0 unspecified atom stereocenters. The highest BCUT2D eigenvalue weighted by Gasteiger charge is 2.50. The summed E-state index contributed by atoms with van der Waals surface area (Å²) in [4.78, 5) is 11.0. The molecule has 86 valence electrons. The number of aliphatic hydroxyl groups excluding tert-OH is 2. The first kappa shape index (κ1) is 10.8. The molecule has 0 spiro atoms. The normalized spacial score (nSPS) is 44.4. The predicted molar refractivity (Wildman–Crippen MR) is 46.8 cm³/mol. The van der Waals surface area contributed by atoms with Crippen molar-refractivity contribution < 1.29 is 29.2 Å². The van der Waals surface area contributed by atoms with Crippen LogP contribution in [0.4, 0.5) is 0 Å². The van der Waals surface area contributed by atoms with Gasteiger partial charge in [0, 0.05) is 0 Å². The Bertz CT molecular complexity index is 276. The van der Waals surface area contributed by atoms with Gasteiger partial charge in [0.15, 0.2) is 18.0 Å². The number of hydrogen-bond acceptors (Lipinski definition) is 6. The monoisotopic (exact) mass is 218 g/mol. The van der Waals surface area contributed by atoms with E-state index in [0.29, 0.717) is 0 Å². The molecule has 0 saturated carbocycles. The van der Waals surface area contributed by atoms with Crippen LogP contribution in [0.1, 0.15) is 13.8 Å². The molecule has 0 aliphatic carbocycles. The van der Waals surface area contributed by atoms with Crippen LogP contribution in [0.3, 0.4) is 0 Å². The van der Waals surface area contributed by atoms with Gasteiger partial charge in [-0.15, -0.1) is 0 Å². The van der Waals surface area contributed by atoms with Crippen molar-refractivity contribution in [2.45, 2.75) is 44.1 Å². The zero-order chi connectivity index (χ0) is 11.2. The van der Waals surface area contributed by atoms with E-state index in [1.165, 1.54) is 0 Å². The molecule has 2 heterocycles. The second kappa shape index (κ2) is 3.41. The Labute approximate surface area is 86.7 Å². The van der Waals surface area contributed by atoms with E-state index in [4.69, 9.17) is 14.2 Å². The SMILES string of the molecule is CC1(C)OC[C@@H]([C@H]2OC(=O)[C@H](O)[C@H]2O)O1. The van der Waals surface area contributed by atoms with Gasteiger partial charge in [-0.25, -0.2) is 4.79 Å². The lowest BCUT2D eigenvalue weighted by Gasteiger charge is -2.21. The van der Waals surface area contributed by atoms with Crippen LogP contribution in [0.5, 0.6) is 0 Å². The topological polar surface area (TPSA) is 85.2 Å². The second-order valence-corrected chi connectivity index (χ2v) is 4.20. The van der Waals surface area contributed by atoms with Gasteiger partial charge in [-0.2, -0.15) is 0 Å². The van der Waals surface area contributed by atoms with E-state index >= 15 is 0 Å². The highest BCUT2D eigenvalue weighted by Crippen LogP contribution is 2.30. The van der Waals surface area contributed by atoms with E-state index in [2.05, 4.69) is 0 Å². The van der Waals surface area contributed by atoms with Gasteiger partial charge in [0.25, 0.3) is 0 Å². The molecule has 2 aliphatic heterocycles. The van der Waals surface area contributed by atoms with Crippen molar-refractivity contribution in [3.8, 4) is 0 Å². The summed E-state index contributed by atoms with van der Waals surface area (Å²) < 4.78 is 15.5. The smallest absolute Gasteiger partial charge is 0.338 e. The number of ether oxygens (including phenoxy) is 3. The van der Waals surface area contributed by atoms with Crippen molar-refractivity contribution in [3.63, 3.8) is 0 Å². The van der Waals surface area contributed by atoms with Gasteiger partial charge in [-0.3, -0.25) is 0 Å². The van der Waals surface area contributed by atoms with Gasteiger partial charge in [0.05, 0.1) is 6.61 Å². The highest BCUT2D eigenvalue weighted by atomic mass is 16.8. The molecule has 2 fully saturated rings. The molecular formula is C9H14O6. The Kier molecular flexibility index (Phi) is 2.46. The van der Waals surface area contributed by atoms with Crippen molar-refractivity contribution in [3.05, 3.63) is 0 Å². The fraction of sp³-hybridized carbons (Fsp3) is 0.889. The predicted octanol–water partition coefficient (Wildman–Crippen LogP) is -1.21. The number of hydrogen-bond donors (Lipinski definition) is 2. The molecule has 4 atom stereocenters. The quantitative estimate of drug-likeness (QED) is 0.537. The van der Waals surface area contributed by atoms with Crippen LogP contribution in [0, 0.1) is 0 Å². The largest absolute Gasteiger partial charge is 0.455 e. The molecule has 6 nitrogen and oxygen atoms in total. The van der Waals surface area contributed by atoms with Gasteiger partial charge in [0.1, 0.15) is 12.2 Å². The van der Waals surface area contributed by atoms with Gasteiger partial charge in [-0.1, -0.05) is 0 Å². The van der Waals surface area contributed by atoms with Crippen molar-refractivity contribution in [2.24, 2.45) is 0 Å². The molecule has 2 rings (SSSR count). The molecule has 2 saturated heterocycles. The fourth-order valence-corrected chi connectivity index (χ4v) is 1.77. The Morgan fingerprint density at radius 2 is 2.07 bits per heavy atom. The molecule has 0 aromatic carbocycles. The lowest BCUT2D eigenvalue weighted by atomic mass is 10.1. The number of aliphatic hydroxyl groups is 2. The lowest BCUT2D eigenvalue weighted by molar-refractivity contribution is -0.166. The summed E-state index contributed by atoms with van der Waals surface area (Å²) in [7, 11) is 0. The zero-order valence-electron chi connectivity index (χ0n) is 8.54. The first-order valence-electron chi connectivity index (χ1n) is 4.79. The third kappa shape index (κ3) is 1.85. The summed E-state index contributed by atoms with van der Waals surface area (Å²) in [6.07, 6.45) is -4.12. The van der Waals surface area contributed by atoms with E-state index < -0.39 is 36.2 Å². The Balaban J connectivity index is 2.04. The molecule has 0 bridgehead atoms. The first-order valence-corrected chi connectivity index (χ1v) is 4.79. The van der Waals surface area contributed by atoms with Crippen LogP contribution in [0.2, 0.25) is 0 Å². The zero-order valence-corrected chi connectivity index (χ0v) is 8.54. The minimum atomic E-state index is -1.48. The summed E-state index contributed by atoms with van der Waals surface area (Å²) >= 11 is 0. The van der Waals surface area contributed by atoms with Gasteiger partial charge >= 0.3 is 5.97 Å². The van der Waals surface area contributed by atoms with Crippen LogP contribution in [0.25, 0.3) is 0 Å². The minimum absolute atomic E-state index is 0.231. The van der Waals surface area contributed by atoms with Crippen LogP contribution in [-0.2, 0) is 19.0 Å². The third-order valence-corrected chi connectivity index (χ3v) is 2.55. The standard InChI is InChI=1S/C9H14O6/c1-9(2)13-3-4(15-9)7-5(10)6(11)8(12)14-7/h4-7,10-11H,3H2,1-2H3/t4-,5+,6+,7+/m0/s1. The molecule has 0 aromatic heterocycles. The molecule has 15 heavy (non-hydrogen) atoms. The Hall–Kier alpha value is -0.690. The Morgan fingerprint density at radius 3 is 2.47 bits per heavy atom. The van der Waals surface area contributed by atoms with E-state index in [1.807, 2.05) is 0 Å². The van der Waals surface area contributed by atoms with Crippen LogP contribution in [-0.4, -0.2) is 53.0 Å². The van der Waals surface area contributed by atoms with E-state index in [1.54, 1.807) is 13.8 Å². The third-order valence-electron chi connectivity index (χ3n) is 2.55. The van der Waals surface area contributed by atoms with E-state index in [0.717, 1.165) is 0 Å². The summed E-state index contributed by atoms with van der Waals surface area (Å²) in [5.41, 5.74) is 0. The average molecular weight is 218 g/mol. The van der Waals surface area contributed by atoms with Gasteiger partial charge in [-0.05, 0) is 13.8 Å². The summed E-state index contributed by atoms with van der Waals surface area (Å²) in [5.74, 6) is -1.56. The van der Waals surface area contributed by atoms with Crippen LogP contribution < -0.4 is 0 Å². The molecule has 2 N–H and O–H groups in total. The number of cyclic esters (lactones) is 1. The molecule has 0 amide bonds. The Morgan fingerprint density at radius 1 is 1.40 bits per heavy atom. The van der Waals surface area contributed by atoms with E-state index in [-0.39, 0.29) is 6.61 Å². The van der Waals surface area contributed by atoms with Crippen LogP contribution >= 0.6 is 0 Å². The number of carbonyl (C=O) groups is 1. The van der Waals surface area contributed by atoms with Gasteiger partial charge < -0.3 is 24.4 Å². The lowest BCUT2D eigenvalue weighted by Crippen LogP contribution is -2.40. The summed E-state index contributed by atoms with van der Waals surface area (Å²) in [5, 5.41) is 18.7. The van der Waals surface area contributed by atoms with Crippen molar-refractivity contribution in [1.29, 1.82) is 0 Å². The molecule has 0 aromatic rings. The van der Waals surface area contributed by atoms with Crippen molar-refractivity contribution in [1.82, 2.24) is 0 Å². The van der Waals surface area contributed by atoms with Crippen LogP contribution in [0.15, 0.2) is 0 Å². The summed E-state index contributed by atoms with van der Waals surface area (Å²) in [6.45, 7) is 3.69. The minimum Gasteiger partial charge on any atom is -0.455 e. The maximum atomic E-state index is 11.0. The highest BCUT2D eigenvalue weighted by molar-refractivity contribution is 5.77.